The van der Waals surface area contributed by atoms with E-state index in [2.05, 4.69) is 0 Å². The summed E-state index contributed by atoms with van der Waals surface area (Å²) in [7, 11) is 1.78. The molecule has 2 aromatic carbocycles. The number of anilines is 2. The normalized spacial score (nSPS) is 10.2. The van der Waals surface area contributed by atoms with Crippen molar-refractivity contribution in [3.8, 4) is 5.75 Å². The van der Waals surface area contributed by atoms with Gasteiger partial charge in [-0.2, -0.15) is 0 Å². The number of aromatic hydroxyl groups is 1. The number of carboxylic acids is 1. The lowest BCUT2D eigenvalue weighted by atomic mass is 10.1. The maximum absolute atomic E-state index is 11.0. The van der Waals surface area contributed by atoms with E-state index < -0.39 is 5.97 Å². The molecule has 98 valence electrons. The number of phenols is 1. The molecule has 0 aromatic heterocycles. The fraction of sp³-hybridized carbons (Fsp3) is 0.0714. The summed E-state index contributed by atoms with van der Waals surface area (Å²) >= 11 is 6.09. The lowest BCUT2D eigenvalue weighted by molar-refractivity contribution is 0.0697. The number of nitrogens with zero attached hydrogens (tertiary/aromatic N) is 1. The van der Waals surface area contributed by atoms with Crippen LogP contribution >= 0.6 is 11.6 Å². The summed E-state index contributed by atoms with van der Waals surface area (Å²) < 4.78 is 0. The average Bonchev–Trinajstić information content (AvgIpc) is 2.39. The highest BCUT2D eigenvalue weighted by Crippen LogP contribution is 2.32. The predicted octanol–water partition coefficient (Wildman–Crippen LogP) is 3.51. The molecule has 0 fully saturated rings. The molecule has 0 amide bonds. The molecule has 0 saturated carbocycles. The Bertz CT molecular complexity index is 611. The van der Waals surface area contributed by atoms with E-state index in [1.54, 1.807) is 42.3 Å². The molecule has 5 heteroatoms. The Morgan fingerprint density at radius 3 is 2.37 bits per heavy atom. The molecule has 19 heavy (non-hydrogen) atoms. The largest absolute Gasteiger partial charge is 0.508 e. The summed E-state index contributed by atoms with van der Waals surface area (Å²) in [6.07, 6.45) is 0. The van der Waals surface area contributed by atoms with Crippen LogP contribution in [0.2, 0.25) is 5.02 Å². The predicted molar refractivity (Wildman–Crippen MR) is 74.6 cm³/mol. The van der Waals surface area contributed by atoms with Crippen LogP contribution in [0.1, 0.15) is 10.4 Å². The molecule has 0 saturated heterocycles. The Balaban J connectivity index is 2.42. The third-order valence-electron chi connectivity index (χ3n) is 2.79. The molecule has 0 spiro atoms. The number of carboxylic acid groups (broad SMARTS) is 1. The standard InChI is InChI=1S/C14H12ClNO3/c1-16(10-3-5-11(17)6-4-10)13-8-9(14(18)19)2-7-12(13)15/h2-8,17H,1H3,(H,18,19). The van der Waals surface area contributed by atoms with Gasteiger partial charge >= 0.3 is 5.97 Å². The fourth-order valence-corrected chi connectivity index (χ4v) is 1.96. The Kier molecular flexibility index (Phi) is 3.62. The number of phenolic OH excluding ortho intramolecular Hbond substituents is 1. The van der Waals surface area contributed by atoms with Crippen LogP contribution in [0.4, 0.5) is 11.4 Å². The second kappa shape index (κ2) is 5.20. The maximum atomic E-state index is 11.0. The summed E-state index contributed by atoms with van der Waals surface area (Å²) in [5, 5.41) is 18.7. The first kappa shape index (κ1) is 13.2. The van der Waals surface area contributed by atoms with E-state index in [0.717, 1.165) is 5.69 Å². The molecule has 2 N–H and O–H groups in total. The number of hydrogen-bond acceptors (Lipinski definition) is 3. The highest BCUT2D eigenvalue weighted by atomic mass is 35.5. The maximum Gasteiger partial charge on any atom is 0.335 e. The first-order valence-corrected chi connectivity index (χ1v) is 5.92. The highest BCUT2D eigenvalue weighted by molar-refractivity contribution is 6.33. The fourth-order valence-electron chi connectivity index (χ4n) is 1.72. The summed E-state index contributed by atoms with van der Waals surface area (Å²) in [4.78, 5) is 12.7. The van der Waals surface area contributed by atoms with Gasteiger partial charge in [0.2, 0.25) is 0 Å². The van der Waals surface area contributed by atoms with Crippen LogP contribution in [0.25, 0.3) is 0 Å². The summed E-state index contributed by atoms with van der Waals surface area (Å²) in [5.41, 5.74) is 1.56. The lowest BCUT2D eigenvalue weighted by Crippen LogP contribution is -2.11. The Morgan fingerprint density at radius 2 is 1.79 bits per heavy atom. The molecule has 0 aliphatic carbocycles. The van der Waals surface area contributed by atoms with Crippen molar-refractivity contribution in [1.29, 1.82) is 0 Å². The minimum atomic E-state index is -1.00. The van der Waals surface area contributed by atoms with E-state index in [1.807, 2.05) is 0 Å². The van der Waals surface area contributed by atoms with Gasteiger partial charge < -0.3 is 15.1 Å². The summed E-state index contributed by atoms with van der Waals surface area (Å²) in [6.45, 7) is 0. The molecule has 0 atom stereocenters. The zero-order valence-corrected chi connectivity index (χ0v) is 10.9. The number of halogens is 1. The molecular weight excluding hydrogens is 266 g/mol. The van der Waals surface area contributed by atoms with E-state index in [-0.39, 0.29) is 11.3 Å². The molecule has 0 aliphatic rings. The number of carbonyl (C=O) groups is 1. The number of benzene rings is 2. The van der Waals surface area contributed by atoms with Gasteiger partial charge in [0.1, 0.15) is 5.75 Å². The van der Waals surface area contributed by atoms with E-state index in [4.69, 9.17) is 16.7 Å². The zero-order chi connectivity index (χ0) is 14.0. The number of rotatable bonds is 3. The molecule has 4 nitrogen and oxygen atoms in total. The lowest BCUT2D eigenvalue weighted by Gasteiger charge is -2.21. The third-order valence-corrected chi connectivity index (χ3v) is 3.11. The summed E-state index contributed by atoms with van der Waals surface area (Å²) in [5.74, 6) is -0.834. The van der Waals surface area contributed by atoms with Crippen molar-refractivity contribution in [3.05, 3.63) is 53.1 Å². The molecule has 0 heterocycles. The van der Waals surface area contributed by atoms with E-state index in [1.165, 1.54) is 12.1 Å². The van der Waals surface area contributed by atoms with Gasteiger partial charge in [0, 0.05) is 12.7 Å². The van der Waals surface area contributed by atoms with Crippen LogP contribution in [-0.4, -0.2) is 23.2 Å². The summed E-state index contributed by atoms with van der Waals surface area (Å²) in [6, 6.07) is 11.1. The van der Waals surface area contributed by atoms with Crippen molar-refractivity contribution >= 4 is 28.9 Å². The van der Waals surface area contributed by atoms with Crippen molar-refractivity contribution in [3.63, 3.8) is 0 Å². The van der Waals surface area contributed by atoms with Gasteiger partial charge in [0.25, 0.3) is 0 Å². The molecule has 0 aliphatic heterocycles. The zero-order valence-electron chi connectivity index (χ0n) is 10.2. The first-order valence-electron chi connectivity index (χ1n) is 5.54. The van der Waals surface area contributed by atoms with Crippen LogP contribution in [0, 0.1) is 0 Å². The average molecular weight is 278 g/mol. The second-order valence-corrected chi connectivity index (χ2v) is 4.45. The Morgan fingerprint density at radius 1 is 1.16 bits per heavy atom. The van der Waals surface area contributed by atoms with Crippen molar-refractivity contribution in [2.45, 2.75) is 0 Å². The number of hydrogen-bond donors (Lipinski definition) is 2. The van der Waals surface area contributed by atoms with Crippen LogP contribution in [0.3, 0.4) is 0 Å². The van der Waals surface area contributed by atoms with Gasteiger partial charge in [-0.25, -0.2) is 4.79 Å². The van der Waals surface area contributed by atoms with E-state index >= 15 is 0 Å². The van der Waals surface area contributed by atoms with Gasteiger partial charge in [-0.3, -0.25) is 0 Å². The van der Waals surface area contributed by atoms with Crippen molar-refractivity contribution < 1.29 is 15.0 Å². The van der Waals surface area contributed by atoms with Crippen LogP contribution in [0.5, 0.6) is 5.75 Å². The second-order valence-electron chi connectivity index (χ2n) is 4.05. The van der Waals surface area contributed by atoms with E-state index in [9.17, 15) is 9.90 Å². The van der Waals surface area contributed by atoms with Crippen LogP contribution in [0.15, 0.2) is 42.5 Å². The first-order chi connectivity index (χ1) is 8.99. The van der Waals surface area contributed by atoms with Crippen LogP contribution < -0.4 is 4.90 Å². The number of aromatic carboxylic acids is 1. The quantitative estimate of drug-likeness (QED) is 0.901. The molecular formula is C14H12ClNO3. The topological polar surface area (TPSA) is 60.8 Å². The molecule has 0 bridgehead atoms. The third kappa shape index (κ3) is 2.80. The smallest absolute Gasteiger partial charge is 0.335 e. The molecule has 0 unspecified atom stereocenters. The van der Waals surface area contributed by atoms with Crippen molar-refractivity contribution in [2.75, 3.05) is 11.9 Å². The van der Waals surface area contributed by atoms with Gasteiger partial charge in [-0.15, -0.1) is 0 Å². The molecule has 2 aromatic rings. The molecule has 2 rings (SSSR count). The van der Waals surface area contributed by atoms with Crippen molar-refractivity contribution in [1.82, 2.24) is 0 Å². The Hall–Kier alpha value is -2.20. The highest BCUT2D eigenvalue weighted by Gasteiger charge is 2.12. The van der Waals surface area contributed by atoms with Gasteiger partial charge in [-0.1, -0.05) is 11.6 Å². The van der Waals surface area contributed by atoms with Crippen molar-refractivity contribution in [2.24, 2.45) is 0 Å². The Labute approximate surface area is 115 Å². The molecule has 0 radical (unpaired) electrons. The monoisotopic (exact) mass is 277 g/mol. The van der Waals surface area contributed by atoms with Crippen LogP contribution in [-0.2, 0) is 0 Å². The van der Waals surface area contributed by atoms with E-state index in [0.29, 0.717) is 10.7 Å². The van der Waals surface area contributed by atoms with Gasteiger partial charge in [0.15, 0.2) is 0 Å². The SMILES string of the molecule is CN(c1ccc(O)cc1)c1cc(C(=O)O)ccc1Cl. The minimum absolute atomic E-state index is 0.169. The minimum Gasteiger partial charge on any atom is -0.508 e. The van der Waals surface area contributed by atoms with Gasteiger partial charge in [0.05, 0.1) is 16.3 Å². The van der Waals surface area contributed by atoms with Gasteiger partial charge in [-0.05, 0) is 42.5 Å².